The van der Waals surface area contributed by atoms with Crippen molar-refractivity contribution >= 4 is 21.9 Å². The summed E-state index contributed by atoms with van der Waals surface area (Å²) in [5.41, 5.74) is 0.362. The summed E-state index contributed by atoms with van der Waals surface area (Å²) in [7, 11) is 0. The molecule has 0 bridgehead atoms. The van der Waals surface area contributed by atoms with E-state index in [-0.39, 0.29) is 12.2 Å². The van der Waals surface area contributed by atoms with Crippen molar-refractivity contribution in [2.45, 2.75) is 13.5 Å². The smallest absolute Gasteiger partial charge is 0.341 e. The summed E-state index contributed by atoms with van der Waals surface area (Å²) < 4.78 is 23.8. The average molecular weight is 314 g/mol. The summed E-state index contributed by atoms with van der Waals surface area (Å²) in [5, 5.41) is 3.67. The largest absolute Gasteiger partial charge is 0.455 e. The van der Waals surface area contributed by atoms with Crippen LogP contribution in [0.5, 0.6) is 0 Å². The van der Waals surface area contributed by atoms with Crippen molar-refractivity contribution in [3.8, 4) is 0 Å². The van der Waals surface area contributed by atoms with E-state index in [9.17, 15) is 9.18 Å². The molecule has 1 aromatic heterocycles. The number of aryl methyl sites for hydroxylation is 1. The zero-order valence-corrected chi connectivity index (χ0v) is 11.0. The molecule has 0 aliphatic heterocycles. The molecule has 0 radical (unpaired) electrons. The minimum absolute atomic E-state index is 0.0534. The van der Waals surface area contributed by atoms with E-state index in [0.717, 1.165) is 0 Å². The van der Waals surface area contributed by atoms with Crippen LogP contribution in [0, 0.1) is 12.7 Å². The molecule has 0 atom stereocenters. The highest BCUT2D eigenvalue weighted by Crippen LogP contribution is 2.17. The Balaban J connectivity index is 2.05. The van der Waals surface area contributed by atoms with Crippen molar-refractivity contribution in [1.82, 2.24) is 5.16 Å². The number of halogens is 2. The fraction of sp³-hybridized carbons (Fsp3) is 0.167. The zero-order valence-electron chi connectivity index (χ0n) is 9.44. The Morgan fingerprint density at radius 2 is 2.28 bits per heavy atom. The lowest BCUT2D eigenvalue weighted by Gasteiger charge is -2.04. The third-order valence-corrected chi connectivity index (χ3v) is 2.67. The lowest BCUT2D eigenvalue weighted by atomic mass is 10.2. The molecule has 0 N–H and O–H groups in total. The van der Waals surface area contributed by atoms with Gasteiger partial charge in [0.05, 0.1) is 5.56 Å². The lowest BCUT2D eigenvalue weighted by Crippen LogP contribution is -2.07. The van der Waals surface area contributed by atoms with Crippen LogP contribution in [-0.4, -0.2) is 11.1 Å². The number of carbonyl (C=O) groups excluding carboxylic acids is 1. The first-order valence-corrected chi connectivity index (χ1v) is 5.90. The number of hydrogen-bond acceptors (Lipinski definition) is 4. The molecule has 0 saturated heterocycles. The predicted octanol–water partition coefficient (Wildman–Crippen LogP) is 3.24. The van der Waals surface area contributed by atoms with E-state index in [1.165, 1.54) is 18.2 Å². The average Bonchev–Trinajstić information content (AvgIpc) is 2.75. The summed E-state index contributed by atoms with van der Waals surface area (Å²) in [6.07, 6.45) is 0. The Kier molecular flexibility index (Phi) is 3.76. The number of ether oxygens (including phenoxy) is 1. The molecule has 6 heteroatoms. The standard InChI is InChI=1S/C12H9BrFNO3/c1-7-4-9(15-18-7)6-17-12(16)10-5-8(13)2-3-11(10)14/h2-5H,6H2,1H3. The van der Waals surface area contributed by atoms with Crippen molar-refractivity contribution in [3.63, 3.8) is 0 Å². The lowest BCUT2D eigenvalue weighted by molar-refractivity contribution is 0.0459. The minimum Gasteiger partial charge on any atom is -0.455 e. The number of esters is 1. The van der Waals surface area contributed by atoms with Crippen LogP contribution >= 0.6 is 15.9 Å². The number of rotatable bonds is 3. The first-order chi connectivity index (χ1) is 8.56. The van der Waals surface area contributed by atoms with Crippen molar-refractivity contribution in [2.24, 2.45) is 0 Å². The van der Waals surface area contributed by atoms with Crippen molar-refractivity contribution in [2.75, 3.05) is 0 Å². The molecule has 0 aliphatic rings. The van der Waals surface area contributed by atoms with Gasteiger partial charge in [0.15, 0.2) is 0 Å². The van der Waals surface area contributed by atoms with E-state index in [0.29, 0.717) is 15.9 Å². The van der Waals surface area contributed by atoms with Gasteiger partial charge in [-0.1, -0.05) is 21.1 Å². The van der Waals surface area contributed by atoms with Gasteiger partial charge in [-0.2, -0.15) is 0 Å². The Hall–Kier alpha value is -1.69. The van der Waals surface area contributed by atoms with E-state index < -0.39 is 11.8 Å². The zero-order chi connectivity index (χ0) is 13.1. The van der Waals surface area contributed by atoms with Gasteiger partial charge in [-0.3, -0.25) is 0 Å². The van der Waals surface area contributed by atoms with Gasteiger partial charge in [0.25, 0.3) is 0 Å². The Morgan fingerprint density at radius 3 is 2.94 bits per heavy atom. The molecular formula is C12H9BrFNO3. The second-order valence-electron chi connectivity index (χ2n) is 3.63. The fourth-order valence-electron chi connectivity index (χ4n) is 1.36. The maximum Gasteiger partial charge on any atom is 0.341 e. The van der Waals surface area contributed by atoms with Gasteiger partial charge >= 0.3 is 5.97 Å². The van der Waals surface area contributed by atoms with Crippen molar-refractivity contribution < 1.29 is 18.4 Å². The van der Waals surface area contributed by atoms with Crippen LogP contribution in [0.1, 0.15) is 21.8 Å². The molecule has 4 nitrogen and oxygen atoms in total. The van der Waals surface area contributed by atoms with Crippen LogP contribution in [0.15, 0.2) is 33.3 Å². The van der Waals surface area contributed by atoms with E-state index in [1.54, 1.807) is 13.0 Å². The van der Waals surface area contributed by atoms with Crippen LogP contribution in [0.4, 0.5) is 4.39 Å². The topological polar surface area (TPSA) is 52.3 Å². The summed E-state index contributed by atoms with van der Waals surface area (Å²) in [6.45, 7) is 1.68. The Labute approximate surface area is 111 Å². The van der Waals surface area contributed by atoms with E-state index in [1.807, 2.05) is 0 Å². The van der Waals surface area contributed by atoms with E-state index in [4.69, 9.17) is 9.26 Å². The number of nitrogens with zero attached hydrogens (tertiary/aromatic N) is 1. The molecule has 1 heterocycles. The molecule has 0 spiro atoms. The monoisotopic (exact) mass is 313 g/mol. The molecule has 18 heavy (non-hydrogen) atoms. The van der Waals surface area contributed by atoms with Crippen molar-refractivity contribution in [3.05, 3.63) is 51.6 Å². The van der Waals surface area contributed by atoms with Crippen LogP contribution < -0.4 is 0 Å². The first kappa shape index (κ1) is 12.8. The molecule has 2 rings (SSSR count). The normalized spacial score (nSPS) is 10.4. The predicted molar refractivity (Wildman–Crippen MR) is 64.5 cm³/mol. The van der Waals surface area contributed by atoms with Crippen LogP contribution in [0.25, 0.3) is 0 Å². The van der Waals surface area contributed by atoms with Crippen LogP contribution in [0.2, 0.25) is 0 Å². The van der Waals surface area contributed by atoms with Gasteiger partial charge in [-0.25, -0.2) is 9.18 Å². The molecule has 2 aromatic rings. The maximum absolute atomic E-state index is 13.4. The maximum atomic E-state index is 13.4. The Bertz CT molecular complexity index is 582. The summed E-state index contributed by atoms with van der Waals surface area (Å²) in [6, 6.07) is 5.71. The molecule has 0 unspecified atom stereocenters. The van der Waals surface area contributed by atoms with Gasteiger partial charge in [0.2, 0.25) is 0 Å². The SMILES string of the molecule is Cc1cc(COC(=O)c2cc(Br)ccc2F)no1. The molecule has 0 saturated carbocycles. The second kappa shape index (κ2) is 5.30. The fourth-order valence-corrected chi connectivity index (χ4v) is 1.72. The van der Waals surface area contributed by atoms with Gasteiger partial charge in [0, 0.05) is 10.5 Å². The van der Waals surface area contributed by atoms with E-state index >= 15 is 0 Å². The number of carbonyl (C=O) groups is 1. The van der Waals surface area contributed by atoms with Crippen LogP contribution in [0.3, 0.4) is 0 Å². The highest BCUT2D eigenvalue weighted by atomic mass is 79.9. The summed E-state index contributed by atoms with van der Waals surface area (Å²) in [4.78, 5) is 11.7. The summed E-state index contributed by atoms with van der Waals surface area (Å²) in [5.74, 6) is -0.747. The van der Waals surface area contributed by atoms with Gasteiger partial charge in [0.1, 0.15) is 23.9 Å². The molecule has 1 aromatic carbocycles. The minimum atomic E-state index is -0.741. The van der Waals surface area contributed by atoms with Crippen molar-refractivity contribution in [1.29, 1.82) is 0 Å². The van der Waals surface area contributed by atoms with Gasteiger partial charge in [-0.05, 0) is 25.1 Å². The highest BCUT2D eigenvalue weighted by molar-refractivity contribution is 9.10. The number of aromatic nitrogens is 1. The van der Waals surface area contributed by atoms with E-state index in [2.05, 4.69) is 21.1 Å². The van der Waals surface area contributed by atoms with Gasteiger partial charge in [-0.15, -0.1) is 0 Å². The molecule has 0 fully saturated rings. The highest BCUT2D eigenvalue weighted by Gasteiger charge is 2.14. The third-order valence-electron chi connectivity index (χ3n) is 2.18. The summed E-state index contributed by atoms with van der Waals surface area (Å²) >= 11 is 3.16. The third kappa shape index (κ3) is 2.95. The number of hydrogen-bond donors (Lipinski definition) is 0. The molecule has 0 aliphatic carbocycles. The molecule has 94 valence electrons. The molecule has 0 amide bonds. The second-order valence-corrected chi connectivity index (χ2v) is 4.54. The Morgan fingerprint density at radius 1 is 1.50 bits per heavy atom. The van der Waals surface area contributed by atoms with Gasteiger partial charge < -0.3 is 9.26 Å². The quantitative estimate of drug-likeness (QED) is 0.816. The molecular weight excluding hydrogens is 305 g/mol. The first-order valence-electron chi connectivity index (χ1n) is 5.10. The number of benzene rings is 1. The van der Waals surface area contributed by atoms with Crippen LogP contribution in [-0.2, 0) is 11.3 Å².